The van der Waals surface area contributed by atoms with E-state index in [1.807, 2.05) is 18.3 Å². The Bertz CT molecular complexity index is 1870. The number of halogens is 2. The molecule has 0 bridgehead atoms. The SMILES string of the molecule is CC(C)Cc1nc2c(cnn2C2CCN(C3COC3)C[C@H]2C)c(-c2ccc3c(c2)OCC(=O)N3Cc2ncc(Cl)cc2F)c1C#N. The molecule has 2 fully saturated rings. The molecule has 2 atom stereocenters. The first kappa shape index (κ1) is 30.5. The van der Waals surface area contributed by atoms with Crippen LogP contribution in [0.3, 0.4) is 0 Å². The van der Waals surface area contributed by atoms with E-state index in [0.29, 0.717) is 35.4 Å². The van der Waals surface area contributed by atoms with Crippen molar-refractivity contribution in [1.29, 1.82) is 5.26 Å². The average Bonchev–Trinajstić information content (AvgIpc) is 3.40. The number of nitriles is 1. The number of rotatable bonds is 7. The molecule has 7 rings (SSSR count). The van der Waals surface area contributed by atoms with Crippen molar-refractivity contribution in [3.63, 3.8) is 0 Å². The zero-order valence-electron chi connectivity index (χ0n) is 26.0. The second-order valence-electron chi connectivity index (χ2n) is 12.9. The van der Waals surface area contributed by atoms with Crippen molar-refractivity contribution in [2.45, 2.75) is 52.2 Å². The third kappa shape index (κ3) is 5.48. The minimum atomic E-state index is -0.588. The number of carbonyl (C=O) groups is 1. The Morgan fingerprint density at radius 2 is 2.02 bits per heavy atom. The minimum absolute atomic E-state index is 0.0728. The van der Waals surface area contributed by atoms with Crippen LogP contribution in [-0.4, -0.2) is 69.5 Å². The van der Waals surface area contributed by atoms with Crippen LogP contribution in [-0.2, 0) is 22.5 Å². The first-order chi connectivity index (χ1) is 22.2. The molecule has 3 aliphatic rings. The van der Waals surface area contributed by atoms with Gasteiger partial charge in [0.25, 0.3) is 5.91 Å². The minimum Gasteiger partial charge on any atom is -0.482 e. The van der Waals surface area contributed by atoms with Gasteiger partial charge < -0.3 is 9.47 Å². The van der Waals surface area contributed by atoms with Gasteiger partial charge in [0.2, 0.25) is 0 Å². The van der Waals surface area contributed by atoms with E-state index in [4.69, 9.17) is 31.2 Å². The van der Waals surface area contributed by atoms with E-state index in [-0.39, 0.29) is 41.7 Å². The Morgan fingerprint density at radius 3 is 2.72 bits per heavy atom. The Balaban J connectivity index is 1.29. The third-order valence-corrected chi connectivity index (χ3v) is 9.46. The van der Waals surface area contributed by atoms with Gasteiger partial charge >= 0.3 is 0 Å². The van der Waals surface area contributed by atoms with Gasteiger partial charge in [-0.05, 0) is 48.4 Å². The molecule has 3 aliphatic heterocycles. The largest absolute Gasteiger partial charge is 0.482 e. The number of anilines is 1. The summed E-state index contributed by atoms with van der Waals surface area (Å²) in [6, 6.07) is 9.78. The Kier molecular flexibility index (Phi) is 8.13. The number of hydrogen-bond acceptors (Lipinski definition) is 8. The predicted molar refractivity (Wildman–Crippen MR) is 171 cm³/mol. The molecule has 1 aromatic carbocycles. The van der Waals surface area contributed by atoms with E-state index >= 15 is 0 Å². The summed E-state index contributed by atoms with van der Waals surface area (Å²) in [5.41, 5.74) is 4.10. The van der Waals surface area contributed by atoms with Gasteiger partial charge in [0.1, 0.15) is 17.6 Å². The maximum absolute atomic E-state index is 14.6. The molecule has 6 heterocycles. The van der Waals surface area contributed by atoms with Gasteiger partial charge in [0, 0.05) is 30.2 Å². The molecule has 0 saturated carbocycles. The number of carbonyl (C=O) groups excluding carboxylic acids is 1. The maximum atomic E-state index is 14.6. The summed E-state index contributed by atoms with van der Waals surface area (Å²) in [4.78, 5) is 26.1. The topological polar surface area (TPSA) is 109 Å². The van der Waals surface area contributed by atoms with Crippen molar-refractivity contribution >= 4 is 34.2 Å². The lowest BCUT2D eigenvalue weighted by Crippen LogP contribution is -2.54. The van der Waals surface area contributed by atoms with Crippen LogP contribution in [0.5, 0.6) is 5.75 Å². The lowest BCUT2D eigenvalue weighted by Gasteiger charge is -2.44. The van der Waals surface area contributed by atoms with Crippen molar-refractivity contribution in [3.05, 3.63) is 64.5 Å². The second kappa shape index (κ2) is 12.2. The number of pyridine rings is 2. The molecule has 1 unspecified atom stereocenters. The number of ether oxygens (including phenoxy) is 2. The zero-order chi connectivity index (χ0) is 32.1. The number of aromatic nitrogens is 4. The third-order valence-electron chi connectivity index (χ3n) is 9.26. The molecule has 0 radical (unpaired) electrons. The highest BCUT2D eigenvalue weighted by Crippen LogP contribution is 2.42. The van der Waals surface area contributed by atoms with Crippen molar-refractivity contribution in [2.75, 3.05) is 37.8 Å². The van der Waals surface area contributed by atoms with Crippen molar-refractivity contribution in [2.24, 2.45) is 11.8 Å². The fourth-order valence-corrected chi connectivity index (χ4v) is 6.99. The molecule has 0 spiro atoms. The summed E-state index contributed by atoms with van der Waals surface area (Å²) >= 11 is 5.88. The molecular weight excluding hydrogens is 609 g/mol. The van der Waals surface area contributed by atoms with Gasteiger partial charge in [-0.15, -0.1) is 0 Å². The maximum Gasteiger partial charge on any atom is 0.265 e. The monoisotopic (exact) mass is 643 g/mol. The Hall–Kier alpha value is -4.11. The molecule has 0 aliphatic carbocycles. The van der Waals surface area contributed by atoms with E-state index in [1.165, 1.54) is 17.2 Å². The Labute approximate surface area is 271 Å². The molecular formula is C34H35ClFN7O3. The highest BCUT2D eigenvalue weighted by Gasteiger charge is 2.36. The summed E-state index contributed by atoms with van der Waals surface area (Å²) in [5.74, 6) is 0.188. The average molecular weight is 644 g/mol. The van der Waals surface area contributed by atoms with Crippen LogP contribution in [0.25, 0.3) is 22.2 Å². The number of piperidine rings is 1. The number of likely N-dealkylation sites (tertiary alicyclic amines) is 1. The van der Waals surface area contributed by atoms with E-state index in [1.54, 1.807) is 6.07 Å². The number of nitrogens with zero attached hydrogens (tertiary/aromatic N) is 7. The first-order valence-corrected chi connectivity index (χ1v) is 16.1. The summed E-state index contributed by atoms with van der Waals surface area (Å²) in [5, 5.41) is 16.4. The van der Waals surface area contributed by atoms with Gasteiger partial charge in [-0.2, -0.15) is 10.4 Å². The summed E-state index contributed by atoms with van der Waals surface area (Å²) in [6.07, 6.45) is 4.76. The molecule has 12 heteroatoms. The standard InChI is InChI=1S/C34H35ClFN7O3/c1-19(2)8-27-24(11-37)33(25-13-39-43(34(25)40-27)29-6-7-41(14-20(29)3)23-16-45-17-23)21-4-5-30-31(9-21)46-18-32(44)42(30)15-28-26(36)10-22(35)12-38-28/h4-5,9-10,12-13,19-20,23,29H,6-8,14-18H2,1-3H3/t20-,29?/m1/s1. The van der Waals surface area contributed by atoms with Crippen LogP contribution < -0.4 is 9.64 Å². The van der Waals surface area contributed by atoms with Crippen molar-refractivity contribution in [3.8, 4) is 22.9 Å². The van der Waals surface area contributed by atoms with Gasteiger partial charge in [-0.1, -0.05) is 38.4 Å². The number of fused-ring (bicyclic) bond motifs is 2. The number of hydrogen-bond donors (Lipinski definition) is 0. The molecule has 4 aromatic rings. The summed E-state index contributed by atoms with van der Waals surface area (Å²) in [7, 11) is 0. The first-order valence-electron chi connectivity index (χ1n) is 15.7. The fraction of sp³-hybridized carbons (Fsp3) is 0.441. The molecule has 10 nitrogen and oxygen atoms in total. The summed E-state index contributed by atoms with van der Waals surface area (Å²) < 4.78 is 28.0. The molecule has 0 N–H and O–H groups in total. The van der Waals surface area contributed by atoms with Crippen LogP contribution in [0.2, 0.25) is 5.02 Å². The number of amides is 1. The quantitative estimate of drug-likeness (QED) is 0.257. The van der Waals surface area contributed by atoms with Crippen molar-refractivity contribution in [1.82, 2.24) is 24.6 Å². The van der Waals surface area contributed by atoms with E-state index in [2.05, 4.69) is 41.4 Å². The highest BCUT2D eigenvalue weighted by atomic mass is 35.5. The van der Waals surface area contributed by atoms with Crippen LogP contribution in [0.1, 0.15) is 50.2 Å². The summed E-state index contributed by atoms with van der Waals surface area (Å²) in [6.45, 7) is 9.75. The van der Waals surface area contributed by atoms with Crippen LogP contribution >= 0.6 is 11.6 Å². The fourth-order valence-electron chi connectivity index (χ4n) is 6.84. The van der Waals surface area contributed by atoms with Gasteiger partial charge in [0.15, 0.2) is 12.3 Å². The smallest absolute Gasteiger partial charge is 0.265 e. The molecule has 2 saturated heterocycles. The molecule has 3 aromatic heterocycles. The molecule has 238 valence electrons. The van der Waals surface area contributed by atoms with E-state index < -0.39 is 5.82 Å². The zero-order valence-corrected chi connectivity index (χ0v) is 26.8. The predicted octanol–water partition coefficient (Wildman–Crippen LogP) is 5.56. The van der Waals surface area contributed by atoms with E-state index in [9.17, 15) is 14.4 Å². The lowest BCUT2D eigenvalue weighted by atomic mass is 9.91. The van der Waals surface area contributed by atoms with Gasteiger partial charge in [-0.25, -0.2) is 14.1 Å². The Morgan fingerprint density at radius 1 is 1.20 bits per heavy atom. The van der Waals surface area contributed by atoms with Crippen LogP contribution in [0, 0.1) is 29.0 Å². The normalized spacial score (nSPS) is 20.5. The molecule has 1 amide bonds. The van der Waals surface area contributed by atoms with Crippen LogP contribution in [0.4, 0.5) is 10.1 Å². The lowest BCUT2D eigenvalue weighted by molar-refractivity contribution is -0.121. The van der Waals surface area contributed by atoms with Crippen LogP contribution in [0.15, 0.2) is 36.7 Å². The highest BCUT2D eigenvalue weighted by molar-refractivity contribution is 6.30. The van der Waals surface area contributed by atoms with Crippen molar-refractivity contribution < 1.29 is 18.7 Å². The van der Waals surface area contributed by atoms with Gasteiger partial charge in [0.05, 0.1) is 65.7 Å². The second-order valence-corrected chi connectivity index (χ2v) is 13.3. The molecule has 46 heavy (non-hydrogen) atoms. The van der Waals surface area contributed by atoms with Gasteiger partial charge in [-0.3, -0.25) is 19.6 Å². The number of benzene rings is 1. The van der Waals surface area contributed by atoms with E-state index in [0.717, 1.165) is 60.6 Å².